The second-order valence-electron chi connectivity index (χ2n) is 4.08. The quantitative estimate of drug-likeness (QED) is 0.861. The lowest BCUT2D eigenvalue weighted by atomic mass is 10.2. The zero-order valence-electron chi connectivity index (χ0n) is 10.3. The first kappa shape index (κ1) is 14.2. The number of aryl methyl sites for hydroxylation is 1. The van der Waals surface area contributed by atoms with E-state index in [2.05, 4.69) is 0 Å². The van der Waals surface area contributed by atoms with Crippen molar-refractivity contribution in [1.29, 1.82) is 0 Å². The predicted molar refractivity (Wildman–Crippen MR) is 73.6 cm³/mol. The molecular weight excluding hydrogens is 284 g/mol. The molecule has 6 heteroatoms. The molecule has 1 N–H and O–H groups in total. The molecule has 0 fully saturated rings. The van der Waals surface area contributed by atoms with Crippen LogP contribution in [0.4, 0.5) is 0 Å². The van der Waals surface area contributed by atoms with Gasteiger partial charge in [0.1, 0.15) is 6.10 Å². The van der Waals surface area contributed by atoms with E-state index in [9.17, 15) is 13.5 Å². The second kappa shape index (κ2) is 5.83. The molecule has 2 rings (SSSR count). The molecule has 0 radical (unpaired) electrons. The van der Waals surface area contributed by atoms with Crippen LogP contribution in [0.1, 0.15) is 16.5 Å². The van der Waals surface area contributed by atoms with Gasteiger partial charge < -0.3 is 5.11 Å². The zero-order chi connectivity index (χ0) is 13.9. The summed E-state index contributed by atoms with van der Waals surface area (Å²) in [4.78, 5) is 0.774. The van der Waals surface area contributed by atoms with Gasteiger partial charge in [0.15, 0.2) is 0 Å². The highest BCUT2D eigenvalue weighted by atomic mass is 32.2. The minimum Gasteiger partial charge on any atom is -0.385 e. The Hall–Kier alpha value is -1.21. The van der Waals surface area contributed by atoms with Gasteiger partial charge in [0.2, 0.25) is 0 Å². The number of aliphatic hydroxyl groups excluding tert-OH is 1. The van der Waals surface area contributed by atoms with Gasteiger partial charge in [-0.3, -0.25) is 4.18 Å². The smallest absolute Gasteiger partial charge is 0.297 e. The molecule has 0 amide bonds. The van der Waals surface area contributed by atoms with Crippen LogP contribution in [0, 0.1) is 6.92 Å². The molecule has 102 valence electrons. The van der Waals surface area contributed by atoms with Crippen LogP contribution in [0.5, 0.6) is 0 Å². The standard InChI is InChI=1S/C13H14O4S2/c1-10-4-6-11(7-5-10)19(15,16)17-9-12(14)13-3-2-8-18-13/h2-8,12,14H,9H2,1H3. The Morgan fingerprint density at radius 2 is 1.95 bits per heavy atom. The SMILES string of the molecule is Cc1ccc(S(=O)(=O)OCC(O)c2cccs2)cc1. The van der Waals surface area contributed by atoms with Crippen molar-refractivity contribution in [3.63, 3.8) is 0 Å². The maximum atomic E-state index is 11.9. The van der Waals surface area contributed by atoms with E-state index in [-0.39, 0.29) is 11.5 Å². The highest BCUT2D eigenvalue weighted by Gasteiger charge is 2.18. The average molecular weight is 298 g/mol. The number of benzene rings is 1. The van der Waals surface area contributed by atoms with Gasteiger partial charge in [-0.05, 0) is 30.5 Å². The molecule has 0 saturated carbocycles. The number of rotatable bonds is 5. The van der Waals surface area contributed by atoms with E-state index in [1.54, 1.807) is 24.3 Å². The first-order chi connectivity index (χ1) is 8.99. The van der Waals surface area contributed by atoms with Gasteiger partial charge in [0.05, 0.1) is 11.5 Å². The zero-order valence-corrected chi connectivity index (χ0v) is 11.9. The molecule has 0 aliphatic carbocycles. The fourth-order valence-electron chi connectivity index (χ4n) is 1.49. The van der Waals surface area contributed by atoms with Crippen molar-refractivity contribution in [2.45, 2.75) is 17.9 Å². The lowest BCUT2D eigenvalue weighted by Crippen LogP contribution is -2.12. The maximum Gasteiger partial charge on any atom is 0.297 e. The van der Waals surface area contributed by atoms with Crippen molar-refractivity contribution in [3.05, 3.63) is 52.2 Å². The third-order valence-electron chi connectivity index (χ3n) is 2.56. The molecular formula is C13H14O4S2. The van der Waals surface area contributed by atoms with Crippen LogP contribution in [0.15, 0.2) is 46.7 Å². The fraction of sp³-hybridized carbons (Fsp3) is 0.231. The van der Waals surface area contributed by atoms with Crippen LogP contribution < -0.4 is 0 Å². The Balaban J connectivity index is 2.04. The lowest BCUT2D eigenvalue weighted by Gasteiger charge is -2.10. The van der Waals surface area contributed by atoms with Gasteiger partial charge in [-0.25, -0.2) is 0 Å². The first-order valence-electron chi connectivity index (χ1n) is 5.66. The predicted octanol–water partition coefficient (Wildman–Crippen LogP) is 2.50. The normalized spacial score (nSPS) is 13.4. The van der Waals surface area contributed by atoms with Crippen molar-refractivity contribution in [3.8, 4) is 0 Å². The van der Waals surface area contributed by atoms with E-state index >= 15 is 0 Å². The van der Waals surface area contributed by atoms with Gasteiger partial charge in [-0.15, -0.1) is 11.3 Å². The summed E-state index contributed by atoms with van der Waals surface area (Å²) in [6.07, 6.45) is -0.930. The third kappa shape index (κ3) is 3.63. The van der Waals surface area contributed by atoms with Crippen LogP contribution in [0.25, 0.3) is 0 Å². The molecule has 0 aliphatic heterocycles. The summed E-state index contributed by atoms with van der Waals surface area (Å²) in [5.41, 5.74) is 0.970. The number of thiophene rings is 1. The second-order valence-corrected chi connectivity index (χ2v) is 6.68. The summed E-state index contributed by atoms with van der Waals surface area (Å²) in [6, 6.07) is 9.90. The maximum absolute atomic E-state index is 11.9. The monoisotopic (exact) mass is 298 g/mol. The van der Waals surface area contributed by atoms with E-state index in [1.807, 2.05) is 12.3 Å². The molecule has 4 nitrogen and oxygen atoms in total. The minimum atomic E-state index is -3.82. The number of aliphatic hydroxyl groups is 1. The van der Waals surface area contributed by atoms with Gasteiger partial charge in [0, 0.05) is 4.88 Å². The molecule has 19 heavy (non-hydrogen) atoms. The van der Waals surface area contributed by atoms with Crippen LogP contribution >= 0.6 is 11.3 Å². The largest absolute Gasteiger partial charge is 0.385 e. The van der Waals surface area contributed by atoms with Crippen molar-refractivity contribution in [2.75, 3.05) is 6.61 Å². The summed E-state index contributed by atoms with van der Waals surface area (Å²) in [6.45, 7) is 1.59. The summed E-state index contributed by atoms with van der Waals surface area (Å²) in [5, 5.41) is 11.6. The van der Waals surface area contributed by atoms with Crippen LogP contribution in [-0.2, 0) is 14.3 Å². The van der Waals surface area contributed by atoms with E-state index in [0.717, 1.165) is 5.56 Å². The molecule has 1 heterocycles. The van der Waals surface area contributed by atoms with Gasteiger partial charge >= 0.3 is 0 Å². The Kier molecular flexibility index (Phi) is 4.36. The highest BCUT2D eigenvalue weighted by molar-refractivity contribution is 7.86. The average Bonchev–Trinajstić information content (AvgIpc) is 2.90. The van der Waals surface area contributed by atoms with Crippen LogP contribution in [0.3, 0.4) is 0 Å². The Labute approximate surface area is 116 Å². The van der Waals surface area contributed by atoms with E-state index < -0.39 is 16.2 Å². The van der Waals surface area contributed by atoms with E-state index in [1.165, 1.54) is 23.5 Å². The van der Waals surface area contributed by atoms with E-state index in [4.69, 9.17) is 4.18 Å². The van der Waals surface area contributed by atoms with Crippen LogP contribution in [-0.4, -0.2) is 20.1 Å². The summed E-state index contributed by atoms with van der Waals surface area (Å²) >= 11 is 1.35. The minimum absolute atomic E-state index is 0.0940. The van der Waals surface area contributed by atoms with Crippen LogP contribution in [0.2, 0.25) is 0 Å². The van der Waals surface area contributed by atoms with Crippen molar-refractivity contribution < 1.29 is 17.7 Å². The van der Waals surface area contributed by atoms with Gasteiger partial charge in [-0.2, -0.15) is 8.42 Å². The molecule has 1 aromatic heterocycles. The molecule has 1 aromatic carbocycles. The molecule has 1 atom stereocenters. The third-order valence-corrected chi connectivity index (χ3v) is 4.83. The van der Waals surface area contributed by atoms with Crippen molar-refractivity contribution in [2.24, 2.45) is 0 Å². The molecule has 0 spiro atoms. The Morgan fingerprint density at radius 3 is 2.53 bits per heavy atom. The fourth-order valence-corrected chi connectivity index (χ4v) is 3.10. The lowest BCUT2D eigenvalue weighted by molar-refractivity contribution is 0.114. The van der Waals surface area contributed by atoms with Gasteiger partial charge in [0.25, 0.3) is 10.1 Å². The summed E-state index contributed by atoms with van der Waals surface area (Å²) < 4.78 is 28.6. The first-order valence-corrected chi connectivity index (χ1v) is 7.95. The molecule has 0 aliphatic rings. The van der Waals surface area contributed by atoms with Gasteiger partial charge in [-0.1, -0.05) is 23.8 Å². The summed E-state index contributed by atoms with van der Waals surface area (Å²) in [7, 11) is -3.82. The molecule has 0 bridgehead atoms. The molecule has 2 aromatic rings. The van der Waals surface area contributed by atoms with Crippen molar-refractivity contribution >= 4 is 21.5 Å². The number of hydrogen-bond donors (Lipinski definition) is 1. The highest BCUT2D eigenvalue weighted by Crippen LogP contribution is 2.21. The topological polar surface area (TPSA) is 63.6 Å². The molecule has 1 unspecified atom stereocenters. The molecule has 0 saturated heterocycles. The van der Waals surface area contributed by atoms with Crippen molar-refractivity contribution in [1.82, 2.24) is 0 Å². The summed E-state index contributed by atoms with van der Waals surface area (Å²) in [5.74, 6) is 0. The Bertz CT molecular complexity index is 615. The van der Waals surface area contributed by atoms with E-state index in [0.29, 0.717) is 4.88 Å². The Morgan fingerprint density at radius 1 is 1.26 bits per heavy atom. The number of hydrogen-bond acceptors (Lipinski definition) is 5.